The fourth-order valence-electron chi connectivity index (χ4n) is 4.06. The van der Waals surface area contributed by atoms with E-state index < -0.39 is 0 Å². The summed E-state index contributed by atoms with van der Waals surface area (Å²) in [5.74, 6) is 0.958. The van der Waals surface area contributed by atoms with Crippen LogP contribution in [0, 0.1) is 5.92 Å². The van der Waals surface area contributed by atoms with Crippen LogP contribution in [0.3, 0.4) is 0 Å². The molecule has 0 spiro atoms. The standard InChI is InChI=1S/C26H29N3O2/c1-17(2)14-23-26(29-24(31)13-9-18-6-4-3-5-7-18)28-22-12-10-20-15-19(16-30)8-11-21(20)25(22)27-23/h3-8,11,15,17,30H,9-10,12-14,16H2,1-2H3,(H,28,29,31). The molecule has 0 fully saturated rings. The SMILES string of the molecule is CC(C)Cc1nc2c(nc1NC(=O)CCc1ccccc1)CCc1cc(CO)ccc1-2. The van der Waals surface area contributed by atoms with Crippen LogP contribution >= 0.6 is 0 Å². The first-order chi connectivity index (χ1) is 15.0. The molecule has 2 N–H and O–H groups in total. The van der Waals surface area contributed by atoms with E-state index >= 15 is 0 Å². The van der Waals surface area contributed by atoms with Gasteiger partial charge in [-0.25, -0.2) is 9.97 Å². The number of hydrogen-bond acceptors (Lipinski definition) is 4. The van der Waals surface area contributed by atoms with E-state index in [1.807, 2.05) is 42.5 Å². The number of fused-ring (bicyclic) bond motifs is 3. The molecule has 1 aliphatic rings. The summed E-state index contributed by atoms with van der Waals surface area (Å²) in [6.07, 6.45) is 3.50. The van der Waals surface area contributed by atoms with E-state index in [2.05, 4.69) is 25.2 Å². The number of amides is 1. The molecular formula is C26H29N3O2. The van der Waals surface area contributed by atoms with Crippen molar-refractivity contribution in [2.45, 2.75) is 52.6 Å². The van der Waals surface area contributed by atoms with Crippen molar-refractivity contribution in [1.82, 2.24) is 9.97 Å². The monoisotopic (exact) mass is 415 g/mol. The van der Waals surface area contributed by atoms with Gasteiger partial charge < -0.3 is 10.4 Å². The molecule has 1 aromatic heterocycles. The van der Waals surface area contributed by atoms with Crippen LogP contribution in [0.5, 0.6) is 0 Å². The van der Waals surface area contributed by atoms with Crippen molar-refractivity contribution in [3.63, 3.8) is 0 Å². The van der Waals surface area contributed by atoms with Crippen LogP contribution in [-0.2, 0) is 37.1 Å². The summed E-state index contributed by atoms with van der Waals surface area (Å²) >= 11 is 0. The van der Waals surface area contributed by atoms with Crippen LogP contribution < -0.4 is 5.32 Å². The minimum atomic E-state index is -0.0353. The molecule has 5 nitrogen and oxygen atoms in total. The molecule has 0 atom stereocenters. The Bertz CT molecular complexity index is 1080. The predicted molar refractivity (Wildman–Crippen MR) is 123 cm³/mol. The van der Waals surface area contributed by atoms with Gasteiger partial charge in [0, 0.05) is 12.0 Å². The summed E-state index contributed by atoms with van der Waals surface area (Å²) in [7, 11) is 0. The highest BCUT2D eigenvalue weighted by atomic mass is 16.3. The van der Waals surface area contributed by atoms with Crippen LogP contribution in [0.1, 0.15) is 48.3 Å². The average molecular weight is 416 g/mol. The van der Waals surface area contributed by atoms with Crippen molar-refractivity contribution >= 4 is 11.7 Å². The van der Waals surface area contributed by atoms with Gasteiger partial charge in [-0.2, -0.15) is 0 Å². The maximum Gasteiger partial charge on any atom is 0.225 e. The topological polar surface area (TPSA) is 75.1 Å². The molecule has 0 aliphatic heterocycles. The third kappa shape index (κ3) is 5.00. The lowest BCUT2D eigenvalue weighted by Crippen LogP contribution is -2.19. The number of aryl methyl sites for hydroxylation is 3. The molecule has 1 aliphatic carbocycles. The largest absolute Gasteiger partial charge is 0.392 e. The Morgan fingerprint density at radius 1 is 1.06 bits per heavy atom. The van der Waals surface area contributed by atoms with Crippen LogP contribution in [0.25, 0.3) is 11.3 Å². The second kappa shape index (κ2) is 9.40. The van der Waals surface area contributed by atoms with Crippen LogP contribution in [0.2, 0.25) is 0 Å². The van der Waals surface area contributed by atoms with Crippen LogP contribution in [0.4, 0.5) is 5.82 Å². The normalized spacial score (nSPS) is 12.4. The molecule has 160 valence electrons. The molecule has 3 aromatic rings. The number of nitrogens with zero attached hydrogens (tertiary/aromatic N) is 2. The first kappa shape index (κ1) is 21.2. The quantitative estimate of drug-likeness (QED) is 0.596. The third-order valence-electron chi connectivity index (χ3n) is 5.62. The lowest BCUT2D eigenvalue weighted by atomic mass is 9.90. The zero-order valence-corrected chi connectivity index (χ0v) is 18.2. The number of anilines is 1. The summed E-state index contributed by atoms with van der Waals surface area (Å²) in [6.45, 7) is 4.32. The zero-order valence-electron chi connectivity index (χ0n) is 18.2. The van der Waals surface area contributed by atoms with E-state index in [0.29, 0.717) is 24.6 Å². The highest BCUT2D eigenvalue weighted by molar-refractivity contribution is 5.90. The van der Waals surface area contributed by atoms with E-state index in [4.69, 9.17) is 9.97 Å². The average Bonchev–Trinajstić information content (AvgIpc) is 2.78. The molecule has 2 aromatic carbocycles. The van der Waals surface area contributed by atoms with E-state index in [1.165, 1.54) is 5.56 Å². The first-order valence-corrected chi connectivity index (χ1v) is 11.0. The highest BCUT2D eigenvalue weighted by Crippen LogP contribution is 2.34. The number of aromatic nitrogens is 2. The molecule has 4 rings (SSSR count). The lowest BCUT2D eigenvalue weighted by molar-refractivity contribution is -0.116. The Morgan fingerprint density at radius 2 is 1.87 bits per heavy atom. The van der Waals surface area contributed by atoms with Gasteiger partial charge in [-0.3, -0.25) is 4.79 Å². The van der Waals surface area contributed by atoms with Crippen molar-refractivity contribution < 1.29 is 9.90 Å². The fraction of sp³-hybridized carbons (Fsp3) is 0.346. The molecule has 1 amide bonds. The van der Waals surface area contributed by atoms with E-state index in [0.717, 1.165) is 53.0 Å². The summed E-state index contributed by atoms with van der Waals surface area (Å²) < 4.78 is 0. The molecule has 1 heterocycles. The Hall–Kier alpha value is -3.05. The van der Waals surface area contributed by atoms with Crippen molar-refractivity contribution in [2.75, 3.05) is 5.32 Å². The number of carbonyl (C=O) groups is 1. The molecule has 5 heteroatoms. The van der Waals surface area contributed by atoms with Gasteiger partial charge in [0.2, 0.25) is 5.91 Å². The lowest BCUT2D eigenvalue weighted by Gasteiger charge is -2.22. The van der Waals surface area contributed by atoms with Gasteiger partial charge in [0.1, 0.15) is 0 Å². The van der Waals surface area contributed by atoms with Crippen LogP contribution in [-0.4, -0.2) is 21.0 Å². The summed E-state index contributed by atoms with van der Waals surface area (Å²) in [5, 5.41) is 12.5. The van der Waals surface area contributed by atoms with E-state index in [-0.39, 0.29) is 12.5 Å². The third-order valence-corrected chi connectivity index (χ3v) is 5.62. The first-order valence-electron chi connectivity index (χ1n) is 11.0. The minimum absolute atomic E-state index is 0.0353. The Balaban J connectivity index is 1.60. The van der Waals surface area contributed by atoms with Gasteiger partial charge >= 0.3 is 0 Å². The number of rotatable bonds is 7. The molecule has 0 unspecified atom stereocenters. The summed E-state index contributed by atoms with van der Waals surface area (Å²) in [4.78, 5) is 22.5. The number of aliphatic hydroxyl groups is 1. The Kier molecular flexibility index (Phi) is 6.42. The molecule has 0 bridgehead atoms. The zero-order chi connectivity index (χ0) is 21.8. The predicted octanol–water partition coefficient (Wildman–Crippen LogP) is 4.50. The number of benzene rings is 2. The fourth-order valence-corrected chi connectivity index (χ4v) is 4.06. The molecule has 0 saturated carbocycles. The van der Waals surface area contributed by atoms with Gasteiger partial charge in [0.05, 0.1) is 23.7 Å². The molecule has 0 saturated heterocycles. The van der Waals surface area contributed by atoms with Gasteiger partial charge in [-0.15, -0.1) is 0 Å². The number of aliphatic hydroxyl groups excluding tert-OH is 1. The highest BCUT2D eigenvalue weighted by Gasteiger charge is 2.23. The van der Waals surface area contributed by atoms with Crippen molar-refractivity contribution in [3.8, 4) is 11.3 Å². The Morgan fingerprint density at radius 3 is 2.61 bits per heavy atom. The Labute approximate surface area is 183 Å². The maximum absolute atomic E-state index is 12.7. The summed E-state index contributed by atoms with van der Waals surface area (Å²) in [5.41, 5.74) is 7.01. The van der Waals surface area contributed by atoms with E-state index in [1.54, 1.807) is 0 Å². The molecular weight excluding hydrogens is 386 g/mol. The smallest absolute Gasteiger partial charge is 0.225 e. The van der Waals surface area contributed by atoms with Gasteiger partial charge in [-0.05, 0) is 48.3 Å². The van der Waals surface area contributed by atoms with Crippen molar-refractivity contribution in [3.05, 3.63) is 76.6 Å². The second-order valence-corrected chi connectivity index (χ2v) is 8.60. The number of carbonyl (C=O) groups excluding carboxylic acids is 1. The second-order valence-electron chi connectivity index (χ2n) is 8.60. The van der Waals surface area contributed by atoms with Crippen molar-refractivity contribution in [1.29, 1.82) is 0 Å². The number of hydrogen-bond donors (Lipinski definition) is 2. The molecule has 31 heavy (non-hydrogen) atoms. The molecule has 0 radical (unpaired) electrons. The van der Waals surface area contributed by atoms with Crippen molar-refractivity contribution in [2.24, 2.45) is 5.92 Å². The number of nitrogens with one attached hydrogen (secondary N) is 1. The maximum atomic E-state index is 12.7. The van der Waals surface area contributed by atoms with Gasteiger partial charge in [0.25, 0.3) is 0 Å². The minimum Gasteiger partial charge on any atom is -0.392 e. The van der Waals surface area contributed by atoms with Gasteiger partial charge in [0.15, 0.2) is 5.82 Å². The summed E-state index contributed by atoms with van der Waals surface area (Å²) in [6, 6.07) is 16.1. The van der Waals surface area contributed by atoms with E-state index in [9.17, 15) is 9.90 Å². The van der Waals surface area contributed by atoms with Crippen LogP contribution in [0.15, 0.2) is 48.5 Å². The van der Waals surface area contributed by atoms with Gasteiger partial charge in [-0.1, -0.05) is 62.4 Å².